The number of hydrogen-bond acceptors (Lipinski definition) is 2. The highest BCUT2D eigenvalue weighted by molar-refractivity contribution is 5.69. The summed E-state index contributed by atoms with van der Waals surface area (Å²) in [6.45, 7) is 2.28. The normalized spacial score (nSPS) is 12.1. The third-order valence-electron chi connectivity index (χ3n) is 2.21. The topological polar surface area (TPSA) is 46.5 Å². The smallest absolute Gasteiger partial charge is 0.306 e. The molecule has 82 valence electrons. The monoisotopic (exact) mass is 208 g/mol. The van der Waals surface area contributed by atoms with Gasteiger partial charge in [-0.3, -0.25) is 4.79 Å². The van der Waals surface area contributed by atoms with Gasteiger partial charge in [-0.2, -0.15) is 0 Å². The second-order valence-electron chi connectivity index (χ2n) is 3.54. The van der Waals surface area contributed by atoms with E-state index in [1.165, 1.54) is 0 Å². The molecule has 0 aliphatic rings. The molecule has 1 atom stereocenters. The van der Waals surface area contributed by atoms with E-state index in [0.717, 1.165) is 12.2 Å². The Labute approximate surface area is 89.7 Å². The van der Waals surface area contributed by atoms with Crippen molar-refractivity contribution in [2.45, 2.75) is 19.8 Å². The van der Waals surface area contributed by atoms with Gasteiger partial charge in [-0.25, -0.2) is 0 Å². The van der Waals surface area contributed by atoms with Gasteiger partial charge in [-0.15, -0.1) is 0 Å². The number of hydrogen-bond donors (Lipinski definition) is 1. The molecule has 0 spiro atoms. The highest BCUT2D eigenvalue weighted by Crippen LogP contribution is 2.10. The van der Waals surface area contributed by atoms with Crippen molar-refractivity contribution in [2.75, 3.05) is 6.61 Å². The third-order valence-corrected chi connectivity index (χ3v) is 2.21. The summed E-state index contributed by atoms with van der Waals surface area (Å²) in [5.41, 5.74) is 0. The number of carbonyl (C=O) groups is 1. The fourth-order valence-electron chi connectivity index (χ4n) is 1.22. The minimum atomic E-state index is -0.741. The van der Waals surface area contributed by atoms with Crippen LogP contribution >= 0.6 is 0 Å². The van der Waals surface area contributed by atoms with Crippen LogP contribution in [0.2, 0.25) is 0 Å². The van der Waals surface area contributed by atoms with Gasteiger partial charge in [0.1, 0.15) is 5.75 Å². The van der Waals surface area contributed by atoms with Crippen LogP contribution in [0.25, 0.3) is 0 Å². The number of carboxylic acid groups (broad SMARTS) is 1. The summed E-state index contributed by atoms with van der Waals surface area (Å²) in [6, 6.07) is 9.53. The lowest BCUT2D eigenvalue weighted by atomic mass is 10.1. The van der Waals surface area contributed by atoms with Crippen LogP contribution in [0.4, 0.5) is 0 Å². The maximum absolute atomic E-state index is 10.5. The van der Waals surface area contributed by atoms with Gasteiger partial charge < -0.3 is 9.84 Å². The lowest BCUT2D eigenvalue weighted by Crippen LogP contribution is -2.10. The lowest BCUT2D eigenvalue weighted by Gasteiger charge is -2.07. The predicted molar refractivity (Wildman–Crippen MR) is 58.0 cm³/mol. The molecule has 0 saturated heterocycles. The third kappa shape index (κ3) is 4.49. The van der Waals surface area contributed by atoms with E-state index in [4.69, 9.17) is 9.84 Å². The first-order chi connectivity index (χ1) is 7.20. The Morgan fingerprint density at radius 1 is 1.40 bits per heavy atom. The van der Waals surface area contributed by atoms with Crippen LogP contribution < -0.4 is 4.74 Å². The highest BCUT2D eigenvalue weighted by atomic mass is 16.5. The van der Waals surface area contributed by atoms with E-state index in [-0.39, 0.29) is 5.92 Å². The molecule has 0 aromatic heterocycles. The van der Waals surface area contributed by atoms with E-state index < -0.39 is 5.97 Å². The van der Waals surface area contributed by atoms with Gasteiger partial charge in [0.05, 0.1) is 12.5 Å². The average molecular weight is 208 g/mol. The average Bonchev–Trinajstić information content (AvgIpc) is 2.25. The van der Waals surface area contributed by atoms with Crippen molar-refractivity contribution in [1.82, 2.24) is 0 Å². The van der Waals surface area contributed by atoms with E-state index in [1.54, 1.807) is 6.92 Å². The molecular weight excluding hydrogens is 192 g/mol. The summed E-state index contributed by atoms with van der Waals surface area (Å²) in [6.07, 6.45) is 1.42. The van der Waals surface area contributed by atoms with Crippen molar-refractivity contribution in [2.24, 2.45) is 5.92 Å². The van der Waals surface area contributed by atoms with Gasteiger partial charge in [-0.05, 0) is 25.0 Å². The van der Waals surface area contributed by atoms with Crippen molar-refractivity contribution in [1.29, 1.82) is 0 Å². The van der Waals surface area contributed by atoms with Crippen LogP contribution in [0.15, 0.2) is 30.3 Å². The van der Waals surface area contributed by atoms with E-state index in [9.17, 15) is 4.79 Å². The molecule has 0 amide bonds. The maximum Gasteiger partial charge on any atom is 0.306 e. The minimum absolute atomic E-state index is 0.288. The molecule has 0 heterocycles. The van der Waals surface area contributed by atoms with Crippen LogP contribution in [-0.2, 0) is 4.79 Å². The van der Waals surface area contributed by atoms with Crippen LogP contribution in [0.3, 0.4) is 0 Å². The standard InChI is InChI=1S/C12H16O3/c1-10(12(13)14)6-5-9-15-11-7-3-2-4-8-11/h2-4,7-8,10H,5-6,9H2,1H3,(H,13,14)/t10-/m1/s1. The molecule has 0 saturated carbocycles. The second kappa shape index (κ2) is 6.06. The SMILES string of the molecule is C[C@H](CCCOc1ccccc1)C(=O)O. The van der Waals surface area contributed by atoms with Gasteiger partial charge in [0.15, 0.2) is 0 Å². The first-order valence-corrected chi connectivity index (χ1v) is 5.11. The molecule has 1 N–H and O–H groups in total. The Balaban J connectivity index is 2.15. The first-order valence-electron chi connectivity index (χ1n) is 5.11. The van der Waals surface area contributed by atoms with Crippen LogP contribution in [0.5, 0.6) is 5.75 Å². The fourth-order valence-corrected chi connectivity index (χ4v) is 1.22. The van der Waals surface area contributed by atoms with Gasteiger partial charge in [0.2, 0.25) is 0 Å². The molecule has 1 aromatic carbocycles. The Morgan fingerprint density at radius 2 is 2.07 bits per heavy atom. The minimum Gasteiger partial charge on any atom is -0.494 e. The summed E-state index contributed by atoms with van der Waals surface area (Å²) in [7, 11) is 0. The summed E-state index contributed by atoms with van der Waals surface area (Å²) in [4.78, 5) is 10.5. The zero-order chi connectivity index (χ0) is 11.1. The summed E-state index contributed by atoms with van der Waals surface area (Å²) < 4.78 is 5.44. The van der Waals surface area contributed by atoms with E-state index in [1.807, 2.05) is 30.3 Å². The van der Waals surface area contributed by atoms with E-state index >= 15 is 0 Å². The van der Waals surface area contributed by atoms with Gasteiger partial charge >= 0.3 is 5.97 Å². The van der Waals surface area contributed by atoms with E-state index in [0.29, 0.717) is 13.0 Å². The van der Waals surface area contributed by atoms with E-state index in [2.05, 4.69) is 0 Å². The molecule has 3 nitrogen and oxygen atoms in total. The molecule has 1 rings (SSSR count). The van der Waals surface area contributed by atoms with Crippen molar-refractivity contribution >= 4 is 5.97 Å². The number of para-hydroxylation sites is 1. The van der Waals surface area contributed by atoms with Crippen molar-refractivity contribution < 1.29 is 14.6 Å². The number of benzene rings is 1. The zero-order valence-corrected chi connectivity index (χ0v) is 8.85. The van der Waals surface area contributed by atoms with Crippen molar-refractivity contribution in [3.8, 4) is 5.75 Å². The molecule has 0 radical (unpaired) electrons. The zero-order valence-electron chi connectivity index (χ0n) is 8.85. The molecule has 0 fully saturated rings. The van der Waals surface area contributed by atoms with Gasteiger partial charge in [0.25, 0.3) is 0 Å². The predicted octanol–water partition coefficient (Wildman–Crippen LogP) is 2.57. The largest absolute Gasteiger partial charge is 0.494 e. The van der Waals surface area contributed by atoms with Gasteiger partial charge in [-0.1, -0.05) is 25.1 Å². The van der Waals surface area contributed by atoms with Crippen molar-refractivity contribution in [3.05, 3.63) is 30.3 Å². The fraction of sp³-hybridized carbons (Fsp3) is 0.417. The molecule has 0 aliphatic carbocycles. The van der Waals surface area contributed by atoms with Gasteiger partial charge in [0, 0.05) is 0 Å². The Bertz CT molecular complexity index is 295. The molecule has 0 unspecified atom stereocenters. The Morgan fingerprint density at radius 3 is 2.67 bits per heavy atom. The maximum atomic E-state index is 10.5. The summed E-state index contributed by atoms with van der Waals surface area (Å²) in [5, 5.41) is 8.66. The molecular formula is C12H16O3. The first kappa shape index (κ1) is 11.6. The molecule has 0 aliphatic heterocycles. The van der Waals surface area contributed by atoms with Crippen LogP contribution in [-0.4, -0.2) is 17.7 Å². The molecule has 3 heteroatoms. The lowest BCUT2D eigenvalue weighted by molar-refractivity contribution is -0.141. The number of aliphatic carboxylic acids is 1. The Kier molecular flexibility index (Phi) is 4.68. The molecule has 1 aromatic rings. The van der Waals surface area contributed by atoms with Crippen LogP contribution in [0.1, 0.15) is 19.8 Å². The summed E-state index contributed by atoms with van der Waals surface area (Å²) in [5.74, 6) is -0.195. The second-order valence-corrected chi connectivity index (χ2v) is 3.54. The quantitative estimate of drug-likeness (QED) is 0.731. The Hall–Kier alpha value is -1.51. The molecule has 0 bridgehead atoms. The summed E-state index contributed by atoms with van der Waals surface area (Å²) >= 11 is 0. The molecule has 15 heavy (non-hydrogen) atoms. The van der Waals surface area contributed by atoms with Crippen molar-refractivity contribution in [3.63, 3.8) is 0 Å². The number of carboxylic acids is 1. The highest BCUT2D eigenvalue weighted by Gasteiger charge is 2.09. The number of ether oxygens (including phenoxy) is 1. The number of rotatable bonds is 6. The van der Waals surface area contributed by atoms with Crippen LogP contribution in [0, 0.1) is 5.92 Å².